The van der Waals surface area contributed by atoms with Gasteiger partial charge in [0.1, 0.15) is 17.8 Å². The molecule has 4 aromatic heterocycles. The molecule has 51 heavy (non-hydrogen) atoms. The highest BCUT2D eigenvalue weighted by atomic mass is 32.1. The Hall–Kier alpha value is -5.30. The summed E-state index contributed by atoms with van der Waals surface area (Å²) in [5.74, 6) is 0.224. The van der Waals surface area contributed by atoms with Gasteiger partial charge in [-0.25, -0.2) is 18.2 Å². The number of fused-ring (bicyclic) bond motifs is 5. The Morgan fingerprint density at radius 1 is 1.06 bits per heavy atom. The summed E-state index contributed by atoms with van der Waals surface area (Å²) in [5.41, 5.74) is 5.27. The third-order valence-electron chi connectivity index (χ3n) is 10.2. The van der Waals surface area contributed by atoms with Crippen molar-refractivity contribution in [3.05, 3.63) is 106 Å². The zero-order valence-electron chi connectivity index (χ0n) is 27.7. The van der Waals surface area contributed by atoms with Gasteiger partial charge in [-0.1, -0.05) is 18.2 Å². The molecular weight excluding hydrogens is 678 g/mol. The first-order valence-electron chi connectivity index (χ1n) is 16.9. The number of pyridine rings is 2. The molecule has 1 fully saturated rings. The van der Waals surface area contributed by atoms with Gasteiger partial charge in [-0.3, -0.25) is 9.78 Å². The second kappa shape index (κ2) is 12.2. The molecule has 9 rings (SSSR count). The second-order valence-electron chi connectivity index (χ2n) is 13.2. The minimum absolute atomic E-state index is 0.0101. The SMILES string of the molecule is COc1c(F)ccc2c1C[C@@H](F)[C@H]2Nc1nccc2cc(-c3c4c(nc(CCc5ccc(F)cc5)c3-c3nnc(C)o3)[C@@H]3CCCN3C4=O)sc12. The van der Waals surface area contributed by atoms with Gasteiger partial charge in [0.2, 0.25) is 11.8 Å². The van der Waals surface area contributed by atoms with Gasteiger partial charge in [0.05, 0.1) is 46.4 Å². The maximum atomic E-state index is 15.6. The molecule has 0 radical (unpaired) electrons. The molecule has 2 aromatic carbocycles. The highest BCUT2D eigenvalue weighted by Crippen LogP contribution is 2.51. The van der Waals surface area contributed by atoms with E-state index in [-0.39, 0.29) is 35.8 Å². The molecule has 0 bridgehead atoms. The van der Waals surface area contributed by atoms with Crippen molar-refractivity contribution < 1.29 is 27.1 Å². The molecule has 13 heteroatoms. The fraction of sp³-hybridized carbons (Fsp3) is 0.289. The number of anilines is 1. The number of hydrogen-bond donors (Lipinski definition) is 1. The van der Waals surface area contributed by atoms with Crippen molar-refractivity contribution in [2.75, 3.05) is 19.0 Å². The summed E-state index contributed by atoms with van der Waals surface area (Å²) < 4.78 is 56.0. The largest absolute Gasteiger partial charge is 0.493 e. The maximum absolute atomic E-state index is 15.6. The normalized spacial score (nSPS) is 19.1. The number of amides is 1. The van der Waals surface area contributed by atoms with E-state index < -0.39 is 18.0 Å². The molecule has 258 valence electrons. The number of carbonyl (C=O) groups is 1. The summed E-state index contributed by atoms with van der Waals surface area (Å²) in [6, 6.07) is 12.3. The van der Waals surface area contributed by atoms with Crippen LogP contribution >= 0.6 is 11.3 Å². The minimum atomic E-state index is -1.34. The van der Waals surface area contributed by atoms with Gasteiger partial charge in [0.15, 0.2) is 11.6 Å². The number of hydrogen-bond acceptors (Lipinski definition) is 9. The van der Waals surface area contributed by atoms with E-state index in [1.807, 2.05) is 17.0 Å². The first kappa shape index (κ1) is 31.7. The van der Waals surface area contributed by atoms with Crippen LogP contribution in [0.15, 0.2) is 59.1 Å². The summed E-state index contributed by atoms with van der Waals surface area (Å²) in [6.07, 6.45) is 3.09. The smallest absolute Gasteiger partial charge is 0.257 e. The Labute approximate surface area is 294 Å². The van der Waals surface area contributed by atoms with E-state index in [0.29, 0.717) is 64.6 Å². The quantitative estimate of drug-likeness (QED) is 0.169. The van der Waals surface area contributed by atoms with Crippen LogP contribution in [0.2, 0.25) is 0 Å². The molecule has 0 spiro atoms. The van der Waals surface area contributed by atoms with Gasteiger partial charge in [0, 0.05) is 42.1 Å². The Morgan fingerprint density at radius 3 is 2.69 bits per heavy atom. The van der Waals surface area contributed by atoms with Crippen LogP contribution in [0.5, 0.6) is 5.75 Å². The van der Waals surface area contributed by atoms with Crippen LogP contribution in [0.1, 0.15) is 69.3 Å². The molecular formula is C38H31F3N6O3S. The topological polar surface area (TPSA) is 106 Å². The number of nitrogens with zero attached hydrogens (tertiary/aromatic N) is 5. The lowest BCUT2D eigenvalue weighted by atomic mass is 9.93. The van der Waals surface area contributed by atoms with E-state index in [4.69, 9.17) is 14.1 Å². The molecule has 1 saturated heterocycles. The predicted octanol–water partition coefficient (Wildman–Crippen LogP) is 8.13. The van der Waals surface area contributed by atoms with Crippen molar-refractivity contribution >= 4 is 33.1 Å². The molecule has 1 N–H and O–H groups in total. The Kier molecular flexibility index (Phi) is 7.57. The number of halogens is 3. The molecule has 3 aliphatic rings. The van der Waals surface area contributed by atoms with E-state index in [9.17, 15) is 13.6 Å². The van der Waals surface area contributed by atoms with E-state index in [1.165, 1.54) is 36.6 Å². The average Bonchev–Trinajstić information content (AvgIpc) is 3.96. The lowest BCUT2D eigenvalue weighted by Gasteiger charge is -2.18. The monoisotopic (exact) mass is 708 g/mol. The molecule has 2 aliphatic heterocycles. The highest BCUT2D eigenvalue weighted by Gasteiger charge is 2.45. The number of alkyl halides is 1. The van der Waals surface area contributed by atoms with E-state index >= 15 is 4.39 Å². The number of nitrogens with one attached hydrogen (secondary N) is 1. The molecule has 3 atom stereocenters. The van der Waals surface area contributed by atoms with Crippen LogP contribution in [0.3, 0.4) is 0 Å². The molecule has 6 aromatic rings. The number of aromatic nitrogens is 4. The number of aryl methyl sites for hydroxylation is 3. The van der Waals surface area contributed by atoms with Crippen molar-refractivity contribution in [3.8, 4) is 27.6 Å². The number of benzene rings is 2. The Bertz CT molecular complexity index is 2360. The summed E-state index contributed by atoms with van der Waals surface area (Å²) >= 11 is 1.43. The van der Waals surface area contributed by atoms with Crippen LogP contribution in [0, 0.1) is 18.6 Å². The summed E-state index contributed by atoms with van der Waals surface area (Å²) in [4.78, 5) is 26.7. The minimum Gasteiger partial charge on any atom is -0.493 e. The van der Waals surface area contributed by atoms with Crippen molar-refractivity contribution in [3.63, 3.8) is 0 Å². The Balaban J connectivity index is 1.20. The zero-order chi connectivity index (χ0) is 35.0. The van der Waals surface area contributed by atoms with Gasteiger partial charge in [-0.15, -0.1) is 21.5 Å². The summed E-state index contributed by atoms with van der Waals surface area (Å²) in [6.45, 7) is 2.36. The predicted molar refractivity (Wildman–Crippen MR) is 186 cm³/mol. The van der Waals surface area contributed by atoms with Crippen molar-refractivity contribution in [2.24, 2.45) is 0 Å². The fourth-order valence-electron chi connectivity index (χ4n) is 7.87. The average molecular weight is 709 g/mol. The first-order chi connectivity index (χ1) is 24.8. The van der Waals surface area contributed by atoms with Crippen LogP contribution in [-0.4, -0.2) is 50.8 Å². The number of carbonyl (C=O) groups excluding carboxylic acids is 1. The molecule has 1 amide bonds. The number of ether oxygens (including phenoxy) is 1. The first-order valence-corrected chi connectivity index (χ1v) is 17.7. The van der Waals surface area contributed by atoms with Crippen LogP contribution in [-0.2, 0) is 19.3 Å². The van der Waals surface area contributed by atoms with Gasteiger partial charge in [0.25, 0.3) is 5.91 Å². The Morgan fingerprint density at radius 2 is 1.90 bits per heavy atom. The summed E-state index contributed by atoms with van der Waals surface area (Å²) in [7, 11) is 1.38. The molecule has 0 saturated carbocycles. The second-order valence-corrected chi connectivity index (χ2v) is 14.2. The van der Waals surface area contributed by atoms with Gasteiger partial charge in [-0.2, -0.15) is 0 Å². The fourth-order valence-corrected chi connectivity index (χ4v) is 9.04. The number of thiophene rings is 1. The highest BCUT2D eigenvalue weighted by molar-refractivity contribution is 7.23. The van der Waals surface area contributed by atoms with Crippen LogP contribution in [0.25, 0.3) is 32.0 Å². The van der Waals surface area contributed by atoms with Gasteiger partial charge < -0.3 is 19.4 Å². The van der Waals surface area contributed by atoms with Gasteiger partial charge in [-0.05, 0) is 72.5 Å². The molecule has 0 unspecified atom stereocenters. The van der Waals surface area contributed by atoms with Crippen molar-refractivity contribution in [1.82, 2.24) is 25.1 Å². The third kappa shape index (κ3) is 5.16. The van der Waals surface area contributed by atoms with Crippen LogP contribution in [0.4, 0.5) is 19.0 Å². The maximum Gasteiger partial charge on any atom is 0.257 e. The van der Waals surface area contributed by atoms with E-state index in [0.717, 1.165) is 39.1 Å². The molecule has 1 aliphatic carbocycles. The zero-order valence-corrected chi connectivity index (χ0v) is 28.5. The van der Waals surface area contributed by atoms with Crippen molar-refractivity contribution in [1.29, 1.82) is 0 Å². The standard InChI is InChI=1S/C38H31F3N6O3S/c1-18-45-46-37(50-18)29-26(12-7-19-5-8-21(39)9-6-19)43-33-27-4-3-15-47(27)38(48)31(33)30(29)28-16-20-13-14-42-36(35(20)51-28)44-32-22-10-11-24(40)34(49-2)23(22)17-25(32)41/h5-6,8-11,13-14,16,25,27,32H,3-4,7,12,15,17H2,1-2H3,(H,42,44)/t25-,27+,32+/m1/s1. The number of methoxy groups -OCH3 is 1. The summed E-state index contributed by atoms with van der Waals surface area (Å²) in [5, 5.41) is 12.7. The van der Waals surface area contributed by atoms with Gasteiger partial charge >= 0.3 is 0 Å². The third-order valence-corrected chi connectivity index (χ3v) is 11.3. The van der Waals surface area contributed by atoms with Crippen LogP contribution < -0.4 is 10.1 Å². The van der Waals surface area contributed by atoms with Crippen molar-refractivity contribution in [2.45, 2.75) is 57.3 Å². The molecule has 6 heterocycles. The molecule has 9 nitrogen and oxygen atoms in total. The lowest BCUT2D eigenvalue weighted by Crippen LogP contribution is -2.22. The number of rotatable bonds is 8. The van der Waals surface area contributed by atoms with E-state index in [2.05, 4.69) is 20.5 Å². The lowest BCUT2D eigenvalue weighted by molar-refractivity contribution is 0.0776. The van der Waals surface area contributed by atoms with E-state index in [1.54, 1.807) is 31.3 Å².